The molecule has 3 aromatic rings. The molecule has 0 atom stereocenters. The van der Waals surface area contributed by atoms with Crippen LogP contribution in [0.4, 0.5) is 14.5 Å². The van der Waals surface area contributed by atoms with Gasteiger partial charge in [-0.1, -0.05) is 24.3 Å². The molecular formula is C20H13F2NO4. The zero-order valence-electron chi connectivity index (χ0n) is 13.8. The molecule has 0 aromatic heterocycles. The van der Waals surface area contributed by atoms with Crippen LogP contribution in [0.5, 0.6) is 11.5 Å². The third-order valence-corrected chi connectivity index (χ3v) is 3.64. The molecule has 5 nitrogen and oxygen atoms in total. The fraction of sp³-hybridized carbons (Fsp3) is 0. The number of carbonyl (C=O) groups excluding carboxylic acids is 1. The van der Waals surface area contributed by atoms with Gasteiger partial charge in [-0.05, 0) is 36.4 Å². The average Bonchev–Trinajstić information content (AvgIpc) is 2.65. The Kier molecular flexibility index (Phi) is 5.12. The predicted octanol–water partition coefficient (Wildman–Crippen LogP) is 4.71. The molecule has 0 unspecified atom stereocenters. The molecule has 1 amide bonds. The third-order valence-electron chi connectivity index (χ3n) is 3.64. The highest BCUT2D eigenvalue weighted by atomic mass is 19.1. The Morgan fingerprint density at radius 2 is 1.56 bits per heavy atom. The molecule has 0 fully saturated rings. The Bertz CT molecular complexity index is 986. The van der Waals surface area contributed by atoms with E-state index in [-0.39, 0.29) is 17.0 Å². The first-order valence-electron chi connectivity index (χ1n) is 7.81. The Morgan fingerprint density at radius 3 is 2.19 bits per heavy atom. The molecule has 0 heterocycles. The number of carbonyl (C=O) groups is 2. The number of rotatable bonds is 5. The Hall–Kier alpha value is -3.74. The van der Waals surface area contributed by atoms with Gasteiger partial charge in [-0.25, -0.2) is 13.6 Å². The summed E-state index contributed by atoms with van der Waals surface area (Å²) in [5, 5.41) is 11.8. The molecule has 136 valence electrons. The summed E-state index contributed by atoms with van der Waals surface area (Å²) in [7, 11) is 0. The number of hydrogen-bond acceptors (Lipinski definition) is 3. The molecule has 0 aliphatic rings. The molecule has 0 bridgehead atoms. The van der Waals surface area contributed by atoms with Crippen LogP contribution in [0.1, 0.15) is 20.7 Å². The number of carboxylic acids is 1. The lowest BCUT2D eigenvalue weighted by atomic mass is 10.1. The van der Waals surface area contributed by atoms with Crippen molar-refractivity contribution in [1.29, 1.82) is 0 Å². The monoisotopic (exact) mass is 369 g/mol. The number of carboxylic acid groups (broad SMARTS) is 1. The summed E-state index contributed by atoms with van der Waals surface area (Å²) in [4.78, 5) is 23.7. The number of ether oxygens (including phenoxy) is 1. The molecule has 3 aromatic carbocycles. The van der Waals surface area contributed by atoms with Crippen LogP contribution >= 0.6 is 0 Å². The lowest BCUT2D eigenvalue weighted by Gasteiger charge is -2.12. The number of anilines is 1. The Labute approximate surface area is 152 Å². The molecule has 0 spiro atoms. The van der Waals surface area contributed by atoms with Crippen LogP contribution in [0.15, 0.2) is 66.7 Å². The normalized spacial score (nSPS) is 10.3. The molecule has 7 heteroatoms. The first-order valence-corrected chi connectivity index (χ1v) is 7.81. The fourth-order valence-corrected chi connectivity index (χ4v) is 2.36. The van der Waals surface area contributed by atoms with E-state index in [1.807, 2.05) is 0 Å². The minimum atomic E-state index is -1.28. The van der Waals surface area contributed by atoms with E-state index in [0.717, 1.165) is 12.1 Å². The first kappa shape index (κ1) is 18.1. The van der Waals surface area contributed by atoms with Gasteiger partial charge in [-0.15, -0.1) is 0 Å². The highest BCUT2D eigenvalue weighted by Gasteiger charge is 2.17. The van der Waals surface area contributed by atoms with Crippen molar-refractivity contribution in [1.82, 2.24) is 0 Å². The molecule has 2 N–H and O–H groups in total. The van der Waals surface area contributed by atoms with Gasteiger partial charge in [0.05, 0.1) is 11.3 Å². The number of hydrogen-bond donors (Lipinski definition) is 2. The highest BCUT2D eigenvalue weighted by Crippen LogP contribution is 2.30. The molecule has 0 radical (unpaired) electrons. The number of benzene rings is 3. The number of para-hydroxylation sites is 1. The second-order valence-corrected chi connectivity index (χ2v) is 5.49. The van der Waals surface area contributed by atoms with Crippen LogP contribution in [-0.4, -0.2) is 17.0 Å². The van der Waals surface area contributed by atoms with Crippen molar-refractivity contribution in [3.05, 3.63) is 89.5 Å². The van der Waals surface area contributed by atoms with Crippen LogP contribution in [0.25, 0.3) is 0 Å². The lowest BCUT2D eigenvalue weighted by Crippen LogP contribution is -2.14. The van der Waals surface area contributed by atoms with Gasteiger partial charge in [0, 0.05) is 11.6 Å². The van der Waals surface area contributed by atoms with Gasteiger partial charge in [-0.2, -0.15) is 0 Å². The summed E-state index contributed by atoms with van der Waals surface area (Å²) in [6.07, 6.45) is 0. The topological polar surface area (TPSA) is 75.6 Å². The molecule has 0 aliphatic carbocycles. The van der Waals surface area contributed by atoms with Crippen molar-refractivity contribution in [2.45, 2.75) is 0 Å². The highest BCUT2D eigenvalue weighted by molar-refractivity contribution is 6.07. The van der Waals surface area contributed by atoms with Crippen LogP contribution in [-0.2, 0) is 0 Å². The Balaban J connectivity index is 1.93. The number of nitrogens with one attached hydrogen (secondary N) is 1. The molecule has 0 aliphatic heterocycles. The number of halogens is 2. The number of amides is 1. The van der Waals surface area contributed by atoms with Crippen LogP contribution in [0, 0.1) is 11.6 Å². The second kappa shape index (κ2) is 7.65. The SMILES string of the molecule is O=C(Nc1cc(Oc2c(F)cccc2F)ccc1C(=O)O)c1ccccc1. The molecular weight excluding hydrogens is 356 g/mol. The molecule has 0 saturated carbocycles. The summed E-state index contributed by atoms with van der Waals surface area (Å²) < 4.78 is 32.7. The van der Waals surface area contributed by atoms with Crippen molar-refractivity contribution < 1.29 is 28.2 Å². The number of aromatic carboxylic acids is 1. The van der Waals surface area contributed by atoms with E-state index in [2.05, 4.69) is 5.32 Å². The summed E-state index contributed by atoms with van der Waals surface area (Å²) in [6.45, 7) is 0. The lowest BCUT2D eigenvalue weighted by molar-refractivity contribution is 0.0698. The van der Waals surface area contributed by atoms with E-state index in [4.69, 9.17) is 4.74 Å². The zero-order valence-corrected chi connectivity index (χ0v) is 13.8. The van der Waals surface area contributed by atoms with Gasteiger partial charge < -0.3 is 15.2 Å². The van der Waals surface area contributed by atoms with E-state index in [1.165, 1.54) is 24.3 Å². The van der Waals surface area contributed by atoms with E-state index in [0.29, 0.717) is 5.56 Å². The standard InChI is InChI=1S/C20H13F2NO4/c21-15-7-4-8-16(22)18(15)27-13-9-10-14(20(25)26)17(11-13)23-19(24)12-5-2-1-3-6-12/h1-11H,(H,23,24)(H,25,26). The van der Waals surface area contributed by atoms with E-state index < -0.39 is 29.3 Å². The van der Waals surface area contributed by atoms with Gasteiger partial charge in [-0.3, -0.25) is 4.79 Å². The van der Waals surface area contributed by atoms with E-state index in [9.17, 15) is 23.5 Å². The molecule has 3 rings (SSSR count). The average molecular weight is 369 g/mol. The third kappa shape index (κ3) is 4.09. The van der Waals surface area contributed by atoms with Crippen molar-refractivity contribution in [3.8, 4) is 11.5 Å². The van der Waals surface area contributed by atoms with Gasteiger partial charge in [0.2, 0.25) is 0 Å². The Morgan fingerprint density at radius 1 is 0.889 bits per heavy atom. The summed E-state index contributed by atoms with van der Waals surface area (Å²) >= 11 is 0. The van der Waals surface area contributed by atoms with Crippen LogP contribution in [0.3, 0.4) is 0 Å². The predicted molar refractivity (Wildman–Crippen MR) is 94.2 cm³/mol. The summed E-state index contributed by atoms with van der Waals surface area (Å²) in [6, 6.07) is 15.0. The maximum atomic E-state index is 13.7. The molecule has 27 heavy (non-hydrogen) atoms. The maximum Gasteiger partial charge on any atom is 0.337 e. The van der Waals surface area contributed by atoms with E-state index in [1.54, 1.807) is 30.3 Å². The van der Waals surface area contributed by atoms with Crippen molar-refractivity contribution in [2.24, 2.45) is 0 Å². The fourth-order valence-electron chi connectivity index (χ4n) is 2.36. The van der Waals surface area contributed by atoms with Gasteiger partial charge in [0.1, 0.15) is 5.75 Å². The van der Waals surface area contributed by atoms with Crippen LogP contribution in [0.2, 0.25) is 0 Å². The zero-order chi connectivity index (χ0) is 19.4. The van der Waals surface area contributed by atoms with Gasteiger partial charge >= 0.3 is 5.97 Å². The maximum absolute atomic E-state index is 13.7. The first-order chi connectivity index (χ1) is 13.0. The quantitative estimate of drug-likeness (QED) is 0.683. The largest absolute Gasteiger partial charge is 0.478 e. The van der Waals surface area contributed by atoms with Crippen molar-refractivity contribution >= 4 is 17.6 Å². The van der Waals surface area contributed by atoms with Gasteiger partial charge in [0.25, 0.3) is 5.91 Å². The van der Waals surface area contributed by atoms with Crippen LogP contribution < -0.4 is 10.1 Å². The summed E-state index contributed by atoms with van der Waals surface area (Å²) in [5.41, 5.74) is 0.0616. The van der Waals surface area contributed by atoms with E-state index >= 15 is 0 Å². The smallest absolute Gasteiger partial charge is 0.337 e. The second-order valence-electron chi connectivity index (χ2n) is 5.49. The van der Waals surface area contributed by atoms with Gasteiger partial charge in [0.15, 0.2) is 17.4 Å². The summed E-state index contributed by atoms with van der Waals surface area (Å²) in [5.74, 6) is -4.29. The van der Waals surface area contributed by atoms with Crippen molar-refractivity contribution in [3.63, 3.8) is 0 Å². The van der Waals surface area contributed by atoms with Crippen molar-refractivity contribution in [2.75, 3.05) is 5.32 Å². The minimum absolute atomic E-state index is 0.0349. The minimum Gasteiger partial charge on any atom is -0.478 e. The molecule has 0 saturated heterocycles.